The zero-order chi connectivity index (χ0) is 13.9. The first-order valence-corrected chi connectivity index (χ1v) is 7.64. The van der Waals surface area contributed by atoms with Crippen molar-refractivity contribution in [1.82, 2.24) is 9.62 Å². The van der Waals surface area contributed by atoms with E-state index in [9.17, 15) is 17.2 Å². The molecule has 0 radical (unpaired) electrons. The molecule has 19 heavy (non-hydrogen) atoms. The van der Waals surface area contributed by atoms with Crippen molar-refractivity contribution >= 4 is 10.0 Å². The molecule has 0 spiro atoms. The average molecular weight is 290 g/mol. The van der Waals surface area contributed by atoms with Crippen molar-refractivity contribution in [2.45, 2.75) is 17.7 Å². The van der Waals surface area contributed by atoms with Crippen LogP contribution in [0.2, 0.25) is 0 Å². The monoisotopic (exact) mass is 290 g/mol. The molecule has 1 aliphatic rings. The van der Waals surface area contributed by atoms with E-state index >= 15 is 0 Å². The number of hydrogen-bond acceptors (Lipinski definition) is 3. The highest BCUT2D eigenvalue weighted by Crippen LogP contribution is 2.13. The molecular formula is C12H16F2N2O2S. The topological polar surface area (TPSA) is 49.4 Å². The predicted molar refractivity (Wildman–Crippen MR) is 67.2 cm³/mol. The maximum atomic E-state index is 13.0. The minimum atomic E-state index is -3.77. The van der Waals surface area contributed by atoms with Crippen LogP contribution < -0.4 is 4.72 Å². The Morgan fingerprint density at radius 1 is 1.16 bits per heavy atom. The molecule has 1 saturated heterocycles. The van der Waals surface area contributed by atoms with Crippen LogP contribution in [0.5, 0.6) is 0 Å². The molecule has 0 atom stereocenters. The second kappa shape index (κ2) is 5.94. The van der Waals surface area contributed by atoms with Crippen molar-refractivity contribution in [3.63, 3.8) is 0 Å². The minimum Gasteiger partial charge on any atom is -0.302 e. The van der Waals surface area contributed by atoms with Crippen molar-refractivity contribution < 1.29 is 17.2 Å². The molecule has 0 aliphatic carbocycles. The molecule has 4 nitrogen and oxygen atoms in total. The summed E-state index contributed by atoms with van der Waals surface area (Å²) in [4.78, 5) is 1.90. The number of halogens is 2. The van der Waals surface area contributed by atoms with Crippen LogP contribution in [0, 0.1) is 11.6 Å². The molecule has 1 fully saturated rings. The summed E-state index contributed by atoms with van der Waals surface area (Å²) in [6, 6.07) is 2.55. The van der Waals surface area contributed by atoms with Gasteiger partial charge in [-0.25, -0.2) is 21.9 Å². The maximum Gasteiger partial charge on any atom is 0.240 e. The number of nitrogens with one attached hydrogen (secondary N) is 1. The lowest BCUT2D eigenvalue weighted by Crippen LogP contribution is -2.33. The number of sulfonamides is 1. The molecule has 0 bridgehead atoms. The van der Waals surface area contributed by atoms with Gasteiger partial charge in [-0.3, -0.25) is 0 Å². The lowest BCUT2D eigenvalue weighted by Gasteiger charge is -2.14. The molecule has 1 aromatic carbocycles. The largest absolute Gasteiger partial charge is 0.302 e. The fraction of sp³-hybridized carbons (Fsp3) is 0.500. The van der Waals surface area contributed by atoms with Gasteiger partial charge < -0.3 is 4.90 Å². The van der Waals surface area contributed by atoms with Gasteiger partial charge in [-0.05, 0) is 44.1 Å². The van der Waals surface area contributed by atoms with Gasteiger partial charge in [0.15, 0.2) is 11.6 Å². The smallest absolute Gasteiger partial charge is 0.240 e. The van der Waals surface area contributed by atoms with Crippen molar-refractivity contribution in [2.24, 2.45) is 0 Å². The Labute approximate surface area is 111 Å². The van der Waals surface area contributed by atoms with E-state index in [0.717, 1.165) is 38.1 Å². The zero-order valence-corrected chi connectivity index (χ0v) is 11.2. The normalized spacial score (nSPS) is 16.9. The van der Waals surface area contributed by atoms with Gasteiger partial charge in [-0.2, -0.15) is 0 Å². The van der Waals surface area contributed by atoms with Gasteiger partial charge in [0.1, 0.15) is 0 Å². The Morgan fingerprint density at radius 3 is 2.47 bits per heavy atom. The number of hydrogen-bond donors (Lipinski definition) is 1. The lowest BCUT2D eigenvalue weighted by atomic mass is 10.3. The molecule has 7 heteroatoms. The zero-order valence-electron chi connectivity index (χ0n) is 10.4. The third-order valence-corrected chi connectivity index (χ3v) is 4.58. The molecule has 1 heterocycles. The van der Waals surface area contributed by atoms with E-state index in [1.807, 2.05) is 0 Å². The quantitative estimate of drug-likeness (QED) is 0.890. The Kier molecular flexibility index (Phi) is 4.49. The first-order chi connectivity index (χ1) is 8.99. The summed E-state index contributed by atoms with van der Waals surface area (Å²) in [6.07, 6.45) is 2.27. The van der Waals surface area contributed by atoms with Crippen LogP contribution in [0.3, 0.4) is 0 Å². The first kappa shape index (κ1) is 14.4. The molecular weight excluding hydrogens is 274 g/mol. The molecule has 1 aromatic rings. The SMILES string of the molecule is O=S(=O)(NCCN1CCCC1)c1ccc(F)c(F)c1. The standard InChI is InChI=1S/C12H16F2N2O2S/c13-11-4-3-10(9-12(11)14)19(17,18)15-5-8-16-6-1-2-7-16/h3-4,9,15H,1-2,5-8H2. The van der Waals surface area contributed by atoms with Gasteiger partial charge >= 0.3 is 0 Å². The Balaban J connectivity index is 1.95. The molecule has 106 valence electrons. The third-order valence-electron chi connectivity index (χ3n) is 3.12. The number of benzene rings is 1. The summed E-state index contributed by atoms with van der Waals surface area (Å²) in [5.41, 5.74) is 0. The summed E-state index contributed by atoms with van der Waals surface area (Å²) < 4.78 is 51.8. The van der Waals surface area contributed by atoms with Crippen LogP contribution in [0.4, 0.5) is 8.78 Å². The van der Waals surface area contributed by atoms with Crippen LogP contribution in [0.25, 0.3) is 0 Å². The summed E-state index contributed by atoms with van der Waals surface area (Å²) in [5.74, 6) is -2.22. The molecule has 0 saturated carbocycles. The van der Waals surface area contributed by atoms with Gasteiger partial charge in [-0.1, -0.05) is 0 Å². The number of likely N-dealkylation sites (tertiary alicyclic amines) is 1. The van der Waals surface area contributed by atoms with E-state index in [4.69, 9.17) is 0 Å². The maximum absolute atomic E-state index is 13.0. The second-order valence-corrected chi connectivity index (χ2v) is 6.29. The molecule has 0 aromatic heterocycles. The van der Waals surface area contributed by atoms with Crippen LogP contribution in [-0.2, 0) is 10.0 Å². The summed E-state index contributed by atoms with van der Waals surface area (Å²) in [7, 11) is -3.77. The molecule has 2 rings (SSSR count). The van der Waals surface area contributed by atoms with E-state index in [2.05, 4.69) is 9.62 Å². The van der Waals surface area contributed by atoms with Crippen LogP contribution >= 0.6 is 0 Å². The van der Waals surface area contributed by atoms with Crippen molar-refractivity contribution in [2.75, 3.05) is 26.2 Å². The second-order valence-electron chi connectivity index (χ2n) is 4.52. The average Bonchev–Trinajstić information content (AvgIpc) is 2.85. The van der Waals surface area contributed by atoms with Gasteiger partial charge in [0.2, 0.25) is 10.0 Å². The molecule has 0 unspecified atom stereocenters. The van der Waals surface area contributed by atoms with Gasteiger partial charge in [-0.15, -0.1) is 0 Å². The highest BCUT2D eigenvalue weighted by atomic mass is 32.2. The lowest BCUT2D eigenvalue weighted by molar-refractivity contribution is 0.344. The van der Waals surface area contributed by atoms with Crippen LogP contribution in [0.1, 0.15) is 12.8 Å². The highest BCUT2D eigenvalue weighted by Gasteiger charge is 2.17. The van der Waals surface area contributed by atoms with Gasteiger partial charge in [0, 0.05) is 13.1 Å². The summed E-state index contributed by atoms with van der Waals surface area (Å²) >= 11 is 0. The van der Waals surface area contributed by atoms with E-state index in [-0.39, 0.29) is 11.4 Å². The summed E-state index contributed by atoms with van der Waals surface area (Å²) in [6.45, 7) is 2.85. The molecule has 1 aliphatic heterocycles. The van der Waals surface area contributed by atoms with Crippen molar-refractivity contribution in [3.8, 4) is 0 Å². The molecule has 0 amide bonds. The minimum absolute atomic E-state index is 0.257. The Hall–Kier alpha value is -1.05. The fourth-order valence-electron chi connectivity index (χ4n) is 2.07. The van der Waals surface area contributed by atoms with E-state index < -0.39 is 21.7 Å². The van der Waals surface area contributed by atoms with E-state index in [1.165, 1.54) is 0 Å². The van der Waals surface area contributed by atoms with Gasteiger partial charge in [0.05, 0.1) is 4.90 Å². The Morgan fingerprint density at radius 2 is 1.84 bits per heavy atom. The third kappa shape index (κ3) is 3.71. The van der Waals surface area contributed by atoms with Crippen LogP contribution in [0.15, 0.2) is 23.1 Å². The van der Waals surface area contributed by atoms with Crippen LogP contribution in [-0.4, -0.2) is 39.5 Å². The molecule has 1 N–H and O–H groups in total. The highest BCUT2D eigenvalue weighted by molar-refractivity contribution is 7.89. The summed E-state index contributed by atoms with van der Waals surface area (Å²) in [5, 5.41) is 0. The predicted octanol–water partition coefficient (Wildman–Crippen LogP) is 1.34. The van der Waals surface area contributed by atoms with Crippen molar-refractivity contribution in [1.29, 1.82) is 0 Å². The van der Waals surface area contributed by atoms with Crippen molar-refractivity contribution in [3.05, 3.63) is 29.8 Å². The first-order valence-electron chi connectivity index (χ1n) is 6.16. The van der Waals surface area contributed by atoms with E-state index in [0.29, 0.717) is 12.6 Å². The number of nitrogens with zero attached hydrogens (tertiary/aromatic N) is 1. The Bertz CT molecular complexity index is 543. The number of rotatable bonds is 5. The van der Waals surface area contributed by atoms with Gasteiger partial charge in [0.25, 0.3) is 0 Å². The van der Waals surface area contributed by atoms with E-state index in [1.54, 1.807) is 0 Å². The fourth-order valence-corrected chi connectivity index (χ4v) is 3.10.